The molecule has 3 nitrogen and oxygen atoms in total. The Morgan fingerprint density at radius 1 is 1.67 bits per heavy atom. The molecule has 15 heavy (non-hydrogen) atoms. The average molecular weight is 270 g/mol. The Bertz CT molecular complexity index is 363. The van der Waals surface area contributed by atoms with Crippen molar-refractivity contribution in [3.05, 3.63) is 28.5 Å². The average Bonchev–Trinajstić information content (AvgIpc) is 2.99. The quantitative estimate of drug-likeness (QED) is 0.625. The lowest BCUT2D eigenvalue weighted by molar-refractivity contribution is -0.144. The summed E-state index contributed by atoms with van der Waals surface area (Å²) in [6, 6.07) is 3.90. The highest BCUT2D eigenvalue weighted by Crippen LogP contribution is 2.47. The second-order valence-corrected chi connectivity index (χ2v) is 4.43. The summed E-state index contributed by atoms with van der Waals surface area (Å²) in [5.41, 5.74) is 1.12. The highest BCUT2D eigenvalue weighted by atomic mass is 79.9. The van der Waals surface area contributed by atoms with Crippen molar-refractivity contribution in [3.63, 3.8) is 0 Å². The van der Waals surface area contributed by atoms with Crippen LogP contribution in [-0.2, 0) is 9.53 Å². The Kier molecular flexibility index (Phi) is 3.05. The Morgan fingerprint density at radius 2 is 2.47 bits per heavy atom. The number of aromatic nitrogens is 1. The Labute approximate surface area is 97.0 Å². The third-order valence-electron chi connectivity index (χ3n) is 2.56. The van der Waals surface area contributed by atoms with Gasteiger partial charge in [-0.1, -0.05) is 6.07 Å². The summed E-state index contributed by atoms with van der Waals surface area (Å²) < 4.78 is 5.79. The normalized spacial score (nSPS) is 23.6. The molecule has 80 valence electrons. The molecular weight excluding hydrogens is 258 g/mol. The Balaban J connectivity index is 1.98. The zero-order chi connectivity index (χ0) is 10.8. The first-order chi connectivity index (χ1) is 7.22. The predicted molar refractivity (Wildman–Crippen MR) is 59.4 cm³/mol. The van der Waals surface area contributed by atoms with Crippen molar-refractivity contribution >= 4 is 21.9 Å². The van der Waals surface area contributed by atoms with Gasteiger partial charge in [0.1, 0.15) is 4.60 Å². The molecule has 1 aromatic heterocycles. The minimum Gasteiger partial charge on any atom is -0.466 e. The fourth-order valence-electron chi connectivity index (χ4n) is 1.68. The number of rotatable bonds is 3. The number of ether oxygens (including phenoxy) is 1. The van der Waals surface area contributed by atoms with Crippen molar-refractivity contribution in [3.8, 4) is 0 Å². The number of nitrogens with zero attached hydrogens (tertiary/aromatic N) is 1. The van der Waals surface area contributed by atoms with E-state index < -0.39 is 0 Å². The SMILES string of the molecule is CCOC(=O)C1CC1c1ccc(Br)nc1. The van der Waals surface area contributed by atoms with Crippen LogP contribution in [0.2, 0.25) is 0 Å². The van der Waals surface area contributed by atoms with Gasteiger partial charge >= 0.3 is 5.97 Å². The van der Waals surface area contributed by atoms with Crippen LogP contribution >= 0.6 is 15.9 Å². The van der Waals surface area contributed by atoms with Crippen molar-refractivity contribution in [2.75, 3.05) is 6.61 Å². The number of halogens is 1. The maximum atomic E-state index is 11.4. The number of esters is 1. The minimum absolute atomic E-state index is 0.0490. The standard InChI is InChI=1S/C11H12BrNO2/c1-2-15-11(14)9-5-8(9)7-3-4-10(12)13-6-7/h3-4,6,8-9H,2,5H2,1H3. The van der Waals surface area contributed by atoms with Gasteiger partial charge in [0, 0.05) is 6.20 Å². The van der Waals surface area contributed by atoms with Gasteiger partial charge in [0.2, 0.25) is 0 Å². The van der Waals surface area contributed by atoms with E-state index in [0.717, 1.165) is 16.6 Å². The third kappa shape index (κ3) is 2.37. The third-order valence-corrected chi connectivity index (χ3v) is 3.03. The van der Waals surface area contributed by atoms with Crippen molar-refractivity contribution in [2.45, 2.75) is 19.3 Å². The van der Waals surface area contributed by atoms with Crippen LogP contribution < -0.4 is 0 Å². The van der Waals surface area contributed by atoms with Crippen molar-refractivity contribution < 1.29 is 9.53 Å². The fraction of sp³-hybridized carbons (Fsp3) is 0.455. The van der Waals surface area contributed by atoms with Crippen LogP contribution in [0.25, 0.3) is 0 Å². The fourth-order valence-corrected chi connectivity index (χ4v) is 1.91. The molecule has 4 heteroatoms. The molecule has 0 bridgehead atoms. The second kappa shape index (κ2) is 4.31. The molecule has 1 fully saturated rings. The summed E-state index contributed by atoms with van der Waals surface area (Å²) >= 11 is 3.28. The van der Waals surface area contributed by atoms with E-state index in [4.69, 9.17) is 4.74 Å². The maximum absolute atomic E-state index is 11.4. The lowest BCUT2D eigenvalue weighted by Gasteiger charge is -2.01. The van der Waals surface area contributed by atoms with Gasteiger partial charge in [-0.3, -0.25) is 4.79 Å². The number of carbonyl (C=O) groups excluding carboxylic acids is 1. The van der Waals surface area contributed by atoms with Crippen molar-refractivity contribution in [2.24, 2.45) is 5.92 Å². The maximum Gasteiger partial charge on any atom is 0.309 e. The number of pyridine rings is 1. The molecule has 1 saturated carbocycles. The van der Waals surface area contributed by atoms with Crippen LogP contribution in [0, 0.1) is 5.92 Å². The molecule has 2 atom stereocenters. The van der Waals surface area contributed by atoms with Gasteiger partial charge < -0.3 is 4.74 Å². The van der Waals surface area contributed by atoms with Crippen LogP contribution in [-0.4, -0.2) is 17.6 Å². The molecule has 0 saturated heterocycles. The number of hydrogen-bond donors (Lipinski definition) is 0. The first kappa shape index (κ1) is 10.6. The second-order valence-electron chi connectivity index (χ2n) is 3.61. The molecular formula is C11H12BrNO2. The van der Waals surface area contributed by atoms with E-state index >= 15 is 0 Å². The van der Waals surface area contributed by atoms with Crippen LogP contribution in [0.5, 0.6) is 0 Å². The molecule has 1 heterocycles. The predicted octanol–water partition coefficient (Wildman–Crippen LogP) is 2.51. The van der Waals surface area contributed by atoms with Gasteiger partial charge in [-0.05, 0) is 46.8 Å². The summed E-state index contributed by atoms with van der Waals surface area (Å²) in [5.74, 6) is 0.281. The van der Waals surface area contributed by atoms with E-state index in [-0.39, 0.29) is 11.9 Å². The molecule has 1 aromatic rings. The highest BCUT2D eigenvalue weighted by molar-refractivity contribution is 9.10. The summed E-state index contributed by atoms with van der Waals surface area (Å²) in [6.45, 7) is 2.29. The Morgan fingerprint density at radius 3 is 3.07 bits per heavy atom. The van der Waals surface area contributed by atoms with Gasteiger partial charge in [-0.15, -0.1) is 0 Å². The van der Waals surface area contributed by atoms with E-state index in [1.165, 1.54) is 0 Å². The van der Waals surface area contributed by atoms with E-state index in [0.29, 0.717) is 12.5 Å². The van der Waals surface area contributed by atoms with Crippen LogP contribution in [0.4, 0.5) is 0 Å². The highest BCUT2D eigenvalue weighted by Gasteiger charge is 2.45. The van der Waals surface area contributed by atoms with E-state index in [1.807, 2.05) is 25.3 Å². The lowest BCUT2D eigenvalue weighted by atomic mass is 10.1. The van der Waals surface area contributed by atoms with Gasteiger partial charge in [-0.2, -0.15) is 0 Å². The zero-order valence-electron chi connectivity index (χ0n) is 8.44. The summed E-state index contributed by atoms with van der Waals surface area (Å²) in [7, 11) is 0. The lowest BCUT2D eigenvalue weighted by Crippen LogP contribution is -2.07. The molecule has 0 radical (unpaired) electrons. The van der Waals surface area contributed by atoms with Crippen LogP contribution in [0.3, 0.4) is 0 Å². The van der Waals surface area contributed by atoms with Crippen LogP contribution in [0.1, 0.15) is 24.8 Å². The van der Waals surface area contributed by atoms with E-state index in [2.05, 4.69) is 20.9 Å². The van der Waals surface area contributed by atoms with E-state index in [1.54, 1.807) is 0 Å². The van der Waals surface area contributed by atoms with Crippen molar-refractivity contribution in [1.29, 1.82) is 0 Å². The molecule has 1 aliphatic rings. The van der Waals surface area contributed by atoms with E-state index in [9.17, 15) is 4.79 Å². The molecule has 2 rings (SSSR count). The summed E-state index contributed by atoms with van der Waals surface area (Å²) in [6.07, 6.45) is 2.70. The molecule has 1 aliphatic carbocycles. The molecule has 0 N–H and O–H groups in total. The van der Waals surface area contributed by atoms with Gasteiger partial charge in [0.15, 0.2) is 0 Å². The minimum atomic E-state index is -0.0783. The zero-order valence-corrected chi connectivity index (χ0v) is 10.0. The molecule has 0 spiro atoms. The van der Waals surface area contributed by atoms with Crippen molar-refractivity contribution in [1.82, 2.24) is 4.98 Å². The van der Waals surface area contributed by atoms with Gasteiger partial charge in [0.25, 0.3) is 0 Å². The topological polar surface area (TPSA) is 39.2 Å². The number of carbonyl (C=O) groups is 1. The van der Waals surface area contributed by atoms with Crippen LogP contribution in [0.15, 0.2) is 22.9 Å². The number of hydrogen-bond acceptors (Lipinski definition) is 3. The molecule has 0 amide bonds. The molecule has 0 aromatic carbocycles. The summed E-state index contributed by atoms with van der Waals surface area (Å²) in [4.78, 5) is 15.5. The first-order valence-electron chi connectivity index (χ1n) is 5.00. The van der Waals surface area contributed by atoms with Gasteiger partial charge in [0.05, 0.1) is 12.5 Å². The largest absolute Gasteiger partial charge is 0.466 e. The monoisotopic (exact) mass is 269 g/mol. The smallest absolute Gasteiger partial charge is 0.309 e. The molecule has 0 aliphatic heterocycles. The van der Waals surface area contributed by atoms with Gasteiger partial charge in [-0.25, -0.2) is 4.98 Å². The summed E-state index contributed by atoms with van der Waals surface area (Å²) in [5, 5.41) is 0. The first-order valence-corrected chi connectivity index (χ1v) is 5.79. The molecule has 2 unspecified atom stereocenters. The Hall–Kier alpha value is -0.900.